The molecule has 78 valence electrons. The first-order chi connectivity index (χ1) is 6.64. The Morgan fingerprint density at radius 1 is 1.50 bits per heavy atom. The zero-order valence-corrected chi connectivity index (χ0v) is 8.95. The van der Waals surface area contributed by atoms with E-state index in [2.05, 4.69) is 15.3 Å². The summed E-state index contributed by atoms with van der Waals surface area (Å²) in [6.45, 7) is 7.54. The van der Waals surface area contributed by atoms with Crippen LogP contribution in [0.4, 0.5) is 5.82 Å². The van der Waals surface area contributed by atoms with Gasteiger partial charge in [0, 0.05) is 19.3 Å². The zero-order chi connectivity index (χ0) is 10.4. The van der Waals surface area contributed by atoms with Crippen LogP contribution in [0.2, 0.25) is 0 Å². The second-order valence-corrected chi connectivity index (χ2v) is 3.64. The van der Waals surface area contributed by atoms with Gasteiger partial charge in [-0.25, -0.2) is 9.97 Å². The predicted molar refractivity (Wildman–Crippen MR) is 56.2 cm³/mol. The number of anilines is 1. The van der Waals surface area contributed by atoms with Gasteiger partial charge < -0.3 is 10.1 Å². The van der Waals surface area contributed by atoms with Gasteiger partial charge in [0.25, 0.3) is 0 Å². The van der Waals surface area contributed by atoms with Crippen molar-refractivity contribution >= 4 is 5.82 Å². The molecule has 0 aliphatic rings. The monoisotopic (exact) mass is 195 g/mol. The molecule has 0 saturated heterocycles. The molecule has 1 aromatic heterocycles. The number of aromatic nitrogens is 2. The molecule has 0 spiro atoms. The van der Waals surface area contributed by atoms with E-state index in [0.29, 0.717) is 0 Å². The Morgan fingerprint density at radius 3 is 2.86 bits per heavy atom. The first-order valence-electron chi connectivity index (χ1n) is 4.78. The predicted octanol–water partition coefficient (Wildman–Crippen LogP) is 1.70. The molecule has 1 heterocycles. The highest BCUT2D eigenvalue weighted by atomic mass is 16.5. The van der Waals surface area contributed by atoms with Crippen molar-refractivity contribution in [2.75, 3.05) is 18.5 Å². The van der Waals surface area contributed by atoms with Crippen LogP contribution in [0.1, 0.15) is 20.8 Å². The van der Waals surface area contributed by atoms with Gasteiger partial charge in [-0.1, -0.05) is 0 Å². The Morgan fingerprint density at radius 2 is 2.29 bits per heavy atom. The standard InChI is InChI=1S/C10H17N3O/c1-4-14-10(2,3)7-12-9-5-6-11-8-13-9/h5-6,8H,4,7H2,1-3H3,(H,11,12,13). The van der Waals surface area contributed by atoms with E-state index >= 15 is 0 Å². The number of ether oxygens (including phenoxy) is 1. The minimum absolute atomic E-state index is 0.167. The minimum atomic E-state index is -0.167. The molecule has 1 N–H and O–H groups in total. The third-order valence-corrected chi connectivity index (χ3v) is 1.81. The molecule has 0 unspecified atom stereocenters. The molecule has 0 fully saturated rings. The summed E-state index contributed by atoms with van der Waals surface area (Å²) < 4.78 is 5.55. The first-order valence-corrected chi connectivity index (χ1v) is 4.78. The molecule has 0 aliphatic heterocycles. The van der Waals surface area contributed by atoms with Crippen LogP contribution in [0.5, 0.6) is 0 Å². The summed E-state index contributed by atoms with van der Waals surface area (Å²) in [7, 11) is 0. The van der Waals surface area contributed by atoms with Gasteiger partial charge in [-0.2, -0.15) is 0 Å². The van der Waals surface area contributed by atoms with Crippen molar-refractivity contribution in [3.05, 3.63) is 18.6 Å². The van der Waals surface area contributed by atoms with E-state index in [0.717, 1.165) is 19.0 Å². The van der Waals surface area contributed by atoms with E-state index in [9.17, 15) is 0 Å². The molecule has 0 saturated carbocycles. The second kappa shape index (κ2) is 4.91. The van der Waals surface area contributed by atoms with Crippen LogP contribution >= 0.6 is 0 Å². The Labute approximate surface area is 84.7 Å². The summed E-state index contributed by atoms with van der Waals surface area (Å²) in [5.41, 5.74) is -0.167. The summed E-state index contributed by atoms with van der Waals surface area (Å²) in [6.07, 6.45) is 3.24. The third kappa shape index (κ3) is 3.70. The van der Waals surface area contributed by atoms with E-state index in [1.54, 1.807) is 6.20 Å². The number of hydrogen-bond donors (Lipinski definition) is 1. The van der Waals surface area contributed by atoms with Crippen LogP contribution in [-0.2, 0) is 4.74 Å². The van der Waals surface area contributed by atoms with E-state index < -0.39 is 0 Å². The highest BCUT2D eigenvalue weighted by Gasteiger charge is 2.16. The summed E-state index contributed by atoms with van der Waals surface area (Å²) in [4.78, 5) is 7.91. The van der Waals surface area contributed by atoms with Crippen molar-refractivity contribution in [3.8, 4) is 0 Å². The van der Waals surface area contributed by atoms with Crippen molar-refractivity contribution in [2.45, 2.75) is 26.4 Å². The van der Waals surface area contributed by atoms with Crippen molar-refractivity contribution < 1.29 is 4.74 Å². The summed E-state index contributed by atoms with van der Waals surface area (Å²) in [6, 6.07) is 1.84. The fraction of sp³-hybridized carbons (Fsp3) is 0.600. The molecule has 0 amide bonds. The minimum Gasteiger partial charge on any atom is -0.374 e. The average Bonchev–Trinajstić information content (AvgIpc) is 2.17. The summed E-state index contributed by atoms with van der Waals surface area (Å²) in [5, 5.41) is 3.19. The molecular weight excluding hydrogens is 178 g/mol. The normalized spacial score (nSPS) is 11.4. The maximum Gasteiger partial charge on any atom is 0.129 e. The summed E-state index contributed by atoms with van der Waals surface area (Å²) >= 11 is 0. The molecule has 1 aromatic rings. The van der Waals surface area contributed by atoms with Crippen LogP contribution in [0.3, 0.4) is 0 Å². The van der Waals surface area contributed by atoms with Gasteiger partial charge in [0.05, 0.1) is 5.60 Å². The lowest BCUT2D eigenvalue weighted by Crippen LogP contribution is -2.33. The molecular formula is C10H17N3O. The van der Waals surface area contributed by atoms with Crippen LogP contribution in [0.25, 0.3) is 0 Å². The highest BCUT2D eigenvalue weighted by Crippen LogP contribution is 2.10. The molecule has 0 atom stereocenters. The van der Waals surface area contributed by atoms with Crippen LogP contribution in [0.15, 0.2) is 18.6 Å². The molecule has 0 aromatic carbocycles. The first kappa shape index (κ1) is 10.9. The van der Waals surface area contributed by atoms with Gasteiger partial charge in [0.1, 0.15) is 12.1 Å². The van der Waals surface area contributed by atoms with Gasteiger partial charge in [0.2, 0.25) is 0 Å². The molecule has 0 radical (unpaired) electrons. The maximum absolute atomic E-state index is 5.55. The van der Waals surface area contributed by atoms with E-state index in [1.165, 1.54) is 6.33 Å². The summed E-state index contributed by atoms with van der Waals surface area (Å²) in [5.74, 6) is 0.827. The fourth-order valence-corrected chi connectivity index (χ4v) is 1.14. The van der Waals surface area contributed by atoms with Crippen molar-refractivity contribution in [3.63, 3.8) is 0 Å². The molecule has 4 nitrogen and oxygen atoms in total. The smallest absolute Gasteiger partial charge is 0.129 e. The molecule has 1 rings (SSSR count). The number of hydrogen-bond acceptors (Lipinski definition) is 4. The van der Waals surface area contributed by atoms with E-state index in [1.807, 2.05) is 26.8 Å². The van der Waals surface area contributed by atoms with Crippen molar-refractivity contribution in [2.24, 2.45) is 0 Å². The van der Waals surface area contributed by atoms with Crippen LogP contribution in [-0.4, -0.2) is 28.7 Å². The number of nitrogens with zero attached hydrogens (tertiary/aromatic N) is 2. The Kier molecular flexibility index (Phi) is 3.83. The Hall–Kier alpha value is -1.16. The quantitative estimate of drug-likeness (QED) is 0.777. The SMILES string of the molecule is CCOC(C)(C)CNc1ccncn1. The van der Waals surface area contributed by atoms with Crippen LogP contribution < -0.4 is 5.32 Å². The lowest BCUT2D eigenvalue weighted by Gasteiger charge is -2.25. The van der Waals surface area contributed by atoms with Crippen LogP contribution in [0, 0.1) is 0 Å². The second-order valence-electron chi connectivity index (χ2n) is 3.64. The van der Waals surface area contributed by atoms with E-state index in [4.69, 9.17) is 4.74 Å². The average molecular weight is 195 g/mol. The molecule has 4 heteroatoms. The maximum atomic E-state index is 5.55. The molecule has 0 aliphatic carbocycles. The lowest BCUT2D eigenvalue weighted by molar-refractivity contribution is 0.000641. The van der Waals surface area contributed by atoms with Gasteiger partial charge >= 0.3 is 0 Å². The van der Waals surface area contributed by atoms with Gasteiger partial charge in [0.15, 0.2) is 0 Å². The topological polar surface area (TPSA) is 47.0 Å². The molecule has 0 bridgehead atoms. The number of rotatable bonds is 5. The van der Waals surface area contributed by atoms with Crippen molar-refractivity contribution in [1.82, 2.24) is 9.97 Å². The Bertz CT molecular complexity index is 261. The Balaban J connectivity index is 2.40. The van der Waals surface area contributed by atoms with E-state index in [-0.39, 0.29) is 5.60 Å². The highest BCUT2D eigenvalue weighted by molar-refractivity contribution is 5.31. The zero-order valence-electron chi connectivity index (χ0n) is 8.95. The van der Waals surface area contributed by atoms with Gasteiger partial charge in [-0.15, -0.1) is 0 Å². The number of nitrogens with one attached hydrogen (secondary N) is 1. The largest absolute Gasteiger partial charge is 0.374 e. The lowest BCUT2D eigenvalue weighted by atomic mass is 10.1. The third-order valence-electron chi connectivity index (χ3n) is 1.81. The fourth-order valence-electron chi connectivity index (χ4n) is 1.14. The van der Waals surface area contributed by atoms with Gasteiger partial charge in [-0.05, 0) is 26.8 Å². The molecule has 14 heavy (non-hydrogen) atoms. The van der Waals surface area contributed by atoms with Crippen molar-refractivity contribution in [1.29, 1.82) is 0 Å². The van der Waals surface area contributed by atoms with Gasteiger partial charge in [-0.3, -0.25) is 0 Å².